The lowest BCUT2D eigenvalue weighted by molar-refractivity contribution is -0.137. The molecule has 1 aliphatic heterocycles. The van der Waals surface area contributed by atoms with Crippen LogP contribution in [0.2, 0.25) is 0 Å². The van der Waals surface area contributed by atoms with Crippen molar-refractivity contribution in [2.75, 3.05) is 5.32 Å². The number of nitrogens with one attached hydrogen (secondary N) is 1. The van der Waals surface area contributed by atoms with Gasteiger partial charge in [-0.1, -0.05) is 12.1 Å². The molecule has 4 aromatic rings. The van der Waals surface area contributed by atoms with Crippen molar-refractivity contribution < 1.29 is 18.0 Å². The van der Waals surface area contributed by atoms with Crippen LogP contribution in [0.3, 0.4) is 0 Å². The molecule has 0 aliphatic carbocycles. The van der Waals surface area contributed by atoms with Gasteiger partial charge in [-0.15, -0.1) is 15.3 Å². The number of rotatable bonds is 2. The van der Waals surface area contributed by atoms with Crippen molar-refractivity contribution in [1.82, 2.24) is 29.6 Å². The van der Waals surface area contributed by atoms with Gasteiger partial charge in [-0.25, -0.2) is 0 Å². The number of aryl methyl sites for hydroxylation is 1. The molecule has 5 rings (SSSR count). The highest BCUT2D eigenvalue weighted by atomic mass is 19.4. The van der Waals surface area contributed by atoms with Crippen LogP contribution in [0.4, 0.5) is 19.0 Å². The smallest absolute Gasteiger partial charge is 0.310 e. The molecule has 0 spiro atoms. The van der Waals surface area contributed by atoms with E-state index in [4.69, 9.17) is 0 Å². The van der Waals surface area contributed by atoms with Gasteiger partial charge in [-0.2, -0.15) is 27.5 Å². The minimum absolute atomic E-state index is 0.114. The molecular formula is C19H14F3N7O. The number of carbonyl (C=O) groups is 1. The Bertz CT molecular complexity index is 1270. The molecule has 1 aliphatic rings. The van der Waals surface area contributed by atoms with E-state index in [1.807, 2.05) is 0 Å². The van der Waals surface area contributed by atoms with Crippen molar-refractivity contribution in [2.45, 2.75) is 25.4 Å². The van der Waals surface area contributed by atoms with E-state index in [-0.39, 0.29) is 12.3 Å². The van der Waals surface area contributed by atoms with Crippen molar-refractivity contribution >= 4 is 17.4 Å². The molecule has 3 aromatic heterocycles. The molecule has 0 unspecified atom stereocenters. The summed E-state index contributed by atoms with van der Waals surface area (Å²) in [5, 5.41) is 19.4. The summed E-state index contributed by atoms with van der Waals surface area (Å²) in [4.78, 5) is 12.4. The maximum Gasteiger partial charge on any atom is 0.416 e. The lowest BCUT2D eigenvalue weighted by Gasteiger charge is -2.24. The first kappa shape index (κ1) is 18.3. The van der Waals surface area contributed by atoms with Gasteiger partial charge in [-0.05, 0) is 36.8 Å². The molecule has 0 saturated heterocycles. The normalized spacial score (nSPS) is 16.5. The highest BCUT2D eigenvalue weighted by Gasteiger charge is 2.34. The number of hydrogen-bond acceptors (Lipinski definition) is 5. The molecule has 30 heavy (non-hydrogen) atoms. The fourth-order valence-corrected chi connectivity index (χ4v) is 3.73. The van der Waals surface area contributed by atoms with Crippen LogP contribution in [0.15, 0.2) is 42.7 Å². The van der Waals surface area contributed by atoms with Crippen LogP contribution in [-0.4, -0.2) is 35.5 Å². The first-order valence-electron chi connectivity index (χ1n) is 9.05. The van der Waals surface area contributed by atoms with E-state index in [2.05, 4.69) is 25.7 Å². The molecule has 1 aromatic carbocycles. The molecule has 1 N–H and O–H groups in total. The van der Waals surface area contributed by atoms with Gasteiger partial charge in [0.15, 0.2) is 11.5 Å². The number of aromatic nitrogens is 6. The summed E-state index contributed by atoms with van der Waals surface area (Å²) in [5.74, 6) is 0.232. The van der Waals surface area contributed by atoms with Crippen LogP contribution in [0.1, 0.15) is 34.7 Å². The van der Waals surface area contributed by atoms with E-state index >= 15 is 0 Å². The fourth-order valence-electron chi connectivity index (χ4n) is 3.73. The molecule has 11 heteroatoms. The molecule has 0 bridgehead atoms. The van der Waals surface area contributed by atoms with E-state index in [1.54, 1.807) is 19.1 Å². The molecule has 4 heterocycles. The summed E-state index contributed by atoms with van der Waals surface area (Å²) in [6.07, 6.45) is -2.85. The van der Waals surface area contributed by atoms with E-state index in [9.17, 15) is 18.0 Å². The number of hydrogen-bond donors (Lipinski definition) is 1. The average molecular weight is 413 g/mol. The van der Waals surface area contributed by atoms with Crippen LogP contribution < -0.4 is 5.32 Å². The predicted octanol–water partition coefficient (Wildman–Crippen LogP) is 3.11. The van der Waals surface area contributed by atoms with E-state index in [0.29, 0.717) is 28.5 Å². The first-order valence-corrected chi connectivity index (χ1v) is 9.05. The zero-order valence-corrected chi connectivity index (χ0v) is 15.6. The van der Waals surface area contributed by atoms with Gasteiger partial charge in [0.1, 0.15) is 12.1 Å². The van der Waals surface area contributed by atoms with E-state index in [1.165, 1.54) is 27.7 Å². The van der Waals surface area contributed by atoms with Crippen LogP contribution in [0, 0.1) is 6.92 Å². The van der Waals surface area contributed by atoms with Gasteiger partial charge in [0.25, 0.3) is 0 Å². The van der Waals surface area contributed by atoms with Crippen molar-refractivity contribution in [2.24, 2.45) is 0 Å². The molecule has 0 fully saturated rings. The number of halogens is 3. The Kier molecular flexibility index (Phi) is 3.88. The van der Waals surface area contributed by atoms with Crippen LogP contribution in [0.25, 0.3) is 11.5 Å². The van der Waals surface area contributed by atoms with Gasteiger partial charge < -0.3 is 5.32 Å². The number of alkyl halides is 3. The number of benzene rings is 1. The third kappa shape index (κ3) is 2.90. The van der Waals surface area contributed by atoms with Gasteiger partial charge in [0, 0.05) is 17.9 Å². The molecule has 0 saturated carbocycles. The maximum atomic E-state index is 12.9. The summed E-state index contributed by atoms with van der Waals surface area (Å²) in [7, 11) is 0. The fraction of sp³-hybridized carbons (Fsp3) is 0.211. The average Bonchev–Trinajstić information content (AvgIpc) is 3.30. The molecule has 1 atom stereocenters. The number of anilines is 1. The first-order chi connectivity index (χ1) is 14.3. The van der Waals surface area contributed by atoms with Gasteiger partial charge >= 0.3 is 6.18 Å². The Labute approximate surface area is 167 Å². The largest absolute Gasteiger partial charge is 0.416 e. The highest BCUT2D eigenvalue weighted by molar-refractivity contribution is 5.95. The molecule has 152 valence electrons. The summed E-state index contributed by atoms with van der Waals surface area (Å²) in [6, 6.07) is 8.30. The van der Waals surface area contributed by atoms with Crippen molar-refractivity contribution in [3.05, 3.63) is 65.1 Å². The van der Waals surface area contributed by atoms with E-state index in [0.717, 1.165) is 17.7 Å². The maximum absolute atomic E-state index is 12.9. The quantitative estimate of drug-likeness (QED) is 0.545. The molecule has 8 nitrogen and oxygen atoms in total. The number of amides is 1. The second-order valence-corrected chi connectivity index (χ2v) is 7.01. The third-order valence-corrected chi connectivity index (χ3v) is 5.11. The Morgan fingerprint density at radius 2 is 1.87 bits per heavy atom. The van der Waals surface area contributed by atoms with Gasteiger partial charge in [0.2, 0.25) is 5.91 Å². The van der Waals surface area contributed by atoms with Crippen molar-refractivity contribution in [3.63, 3.8) is 0 Å². The van der Waals surface area contributed by atoms with E-state index < -0.39 is 17.7 Å². The zero-order chi connectivity index (χ0) is 21.0. The summed E-state index contributed by atoms with van der Waals surface area (Å²) < 4.78 is 41.7. The summed E-state index contributed by atoms with van der Waals surface area (Å²) >= 11 is 0. The minimum atomic E-state index is -4.42. The second-order valence-electron chi connectivity index (χ2n) is 7.01. The van der Waals surface area contributed by atoms with Gasteiger partial charge in [0.05, 0.1) is 11.3 Å². The lowest BCUT2D eigenvalue weighted by Crippen LogP contribution is -2.25. The number of carbonyl (C=O) groups excluding carboxylic acids is 1. The number of nitrogens with zero attached hydrogens (tertiary/aromatic N) is 6. The van der Waals surface area contributed by atoms with Crippen LogP contribution >= 0.6 is 0 Å². The minimum Gasteiger partial charge on any atom is -0.310 e. The Hall–Kier alpha value is -3.76. The summed E-state index contributed by atoms with van der Waals surface area (Å²) in [6.45, 7) is 1.79. The molecule has 1 amide bonds. The Morgan fingerprint density at radius 1 is 1.10 bits per heavy atom. The third-order valence-electron chi connectivity index (χ3n) is 5.11. The lowest BCUT2D eigenvalue weighted by atomic mass is 9.85. The summed E-state index contributed by atoms with van der Waals surface area (Å²) in [5.41, 5.74) is 1.85. The van der Waals surface area contributed by atoms with Crippen LogP contribution in [0.5, 0.6) is 0 Å². The Morgan fingerprint density at radius 3 is 2.60 bits per heavy atom. The molecule has 0 radical (unpaired) electrons. The standard InChI is InChI=1S/C19H14F3N7O/c1-10-17-13(11-2-4-12(5-3-11)19(20,21)22)8-16(30)24-18(17)29(26-10)15-7-6-14-25-23-9-28(14)27-15/h2-7,9,13H,8H2,1H3,(H,24,30)/t13-/m1/s1. The molecular weight excluding hydrogens is 399 g/mol. The van der Waals surface area contributed by atoms with Crippen LogP contribution in [-0.2, 0) is 11.0 Å². The zero-order valence-electron chi connectivity index (χ0n) is 15.6. The van der Waals surface area contributed by atoms with Crippen molar-refractivity contribution in [3.8, 4) is 5.82 Å². The highest BCUT2D eigenvalue weighted by Crippen LogP contribution is 2.40. The monoisotopic (exact) mass is 413 g/mol. The SMILES string of the molecule is Cc1nn(-c2ccc3nncn3n2)c2c1[C@@H](c1ccc(C(F)(F)F)cc1)CC(=O)N2. The van der Waals surface area contributed by atoms with Crippen molar-refractivity contribution in [1.29, 1.82) is 0 Å². The topological polar surface area (TPSA) is 90.0 Å². The van der Waals surface area contributed by atoms with Gasteiger partial charge in [-0.3, -0.25) is 4.79 Å². The Balaban J connectivity index is 1.61. The number of fused-ring (bicyclic) bond motifs is 2. The second kappa shape index (κ2) is 6.37. The predicted molar refractivity (Wildman–Crippen MR) is 99.2 cm³/mol.